The number of rotatable bonds is 3. The third kappa shape index (κ3) is 3.57. The van der Waals surface area contributed by atoms with Crippen LogP contribution >= 0.6 is 0 Å². The van der Waals surface area contributed by atoms with Gasteiger partial charge < -0.3 is 19.1 Å². The highest BCUT2D eigenvalue weighted by Crippen LogP contribution is 2.45. The highest BCUT2D eigenvalue weighted by Gasteiger charge is 2.42. The van der Waals surface area contributed by atoms with Gasteiger partial charge in [0.2, 0.25) is 0 Å². The molecule has 1 aromatic carbocycles. The van der Waals surface area contributed by atoms with E-state index >= 15 is 0 Å². The van der Waals surface area contributed by atoms with Crippen molar-refractivity contribution in [1.29, 1.82) is 0 Å². The fraction of sp³-hybridized carbons (Fsp3) is 0.478. The van der Waals surface area contributed by atoms with Crippen molar-refractivity contribution in [3.8, 4) is 11.5 Å². The van der Waals surface area contributed by atoms with E-state index in [0.717, 1.165) is 42.1 Å². The average molecular weight is 396 g/mol. The molecule has 1 aromatic heterocycles. The molecule has 4 rings (SSSR count). The molecule has 0 N–H and O–H groups in total. The predicted octanol–water partition coefficient (Wildman–Crippen LogP) is 3.42. The summed E-state index contributed by atoms with van der Waals surface area (Å²) in [6.45, 7) is 5.84. The van der Waals surface area contributed by atoms with E-state index < -0.39 is 0 Å². The van der Waals surface area contributed by atoms with Gasteiger partial charge in [-0.2, -0.15) is 0 Å². The summed E-state index contributed by atoms with van der Waals surface area (Å²) in [6.07, 6.45) is 2.39. The SMILES string of the molecule is COc1cc2c(cc1OC)C1(CCN(C(=O)c3cc(C)nc(C)c3)CC1)OCC2. The summed E-state index contributed by atoms with van der Waals surface area (Å²) in [6, 6.07) is 7.85. The number of carbonyl (C=O) groups excluding carboxylic acids is 1. The maximum atomic E-state index is 13.0. The second kappa shape index (κ2) is 7.67. The summed E-state index contributed by atoms with van der Waals surface area (Å²) >= 11 is 0. The first-order chi connectivity index (χ1) is 14.0. The number of aryl methyl sites for hydroxylation is 2. The Bertz CT molecular complexity index is 912. The van der Waals surface area contributed by atoms with Gasteiger partial charge in [0, 0.05) is 30.0 Å². The van der Waals surface area contributed by atoms with Gasteiger partial charge in [-0.1, -0.05) is 0 Å². The van der Waals surface area contributed by atoms with Crippen molar-refractivity contribution >= 4 is 5.91 Å². The first-order valence-corrected chi connectivity index (χ1v) is 10.1. The van der Waals surface area contributed by atoms with Crippen LogP contribution in [0, 0.1) is 13.8 Å². The summed E-state index contributed by atoms with van der Waals surface area (Å²) < 4.78 is 17.3. The normalized spacial score (nSPS) is 17.7. The largest absolute Gasteiger partial charge is 0.493 e. The molecule has 0 aliphatic carbocycles. The van der Waals surface area contributed by atoms with Crippen LogP contribution in [-0.2, 0) is 16.8 Å². The van der Waals surface area contributed by atoms with Crippen molar-refractivity contribution in [2.75, 3.05) is 33.9 Å². The Morgan fingerprint density at radius 1 is 1.03 bits per heavy atom. The van der Waals surface area contributed by atoms with E-state index in [1.54, 1.807) is 14.2 Å². The molecule has 6 heteroatoms. The van der Waals surface area contributed by atoms with Crippen molar-refractivity contribution in [2.24, 2.45) is 0 Å². The Labute approximate surface area is 171 Å². The Kier molecular flexibility index (Phi) is 5.21. The maximum Gasteiger partial charge on any atom is 0.253 e. The number of methoxy groups -OCH3 is 2. The number of piperidine rings is 1. The van der Waals surface area contributed by atoms with E-state index in [1.165, 1.54) is 11.1 Å². The van der Waals surface area contributed by atoms with Crippen LogP contribution < -0.4 is 9.47 Å². The number of likely N-dealkylation sites (tertiary alicyclic amines) is 1. The number of aromatic nitrogens is 1. The van der Waals surface area contributed by atoms with Crippen LogP contribution in [0.3, 0.4) is 0 Å². The zero-order valence-corrected chi connectivity index (χ0v) is 17.6. The summed E-state index contributed by atoms with van der Waals surface area (Å²) in [5.41, 5.74) is 4.49. The second-order valence-electron chi connectivity index (χ2n) is 7.89. The molecular weight excluding hydrogens is 368 g/mol. The number of benzene rings is 1. The zero-order valence-electron chi connectivity index (χ0n) is 17.6. The first kappa shape index (κ1) is 19.7. The van der Waals surface area contributed by atoms with Crippen molar-refractivity contribution in [1.82, 2.24) is 9.88 Å². The molecule has 154 valence electrons. The molecule has 1 saturated heterocycles. The summed E-state index contributed by atoms with van der Waals surface area (Å²) in [7, 11) is 3.31. The van der Waals surface area contributed by atoms with Crippen molar-refractivity contribution in [2.45, 2.75) is 38.7 Å². The number of nitrogens with zero attached hydrogens (tertiary/aromatic N) is 2. The monoisotopic (exact) mass is 396 g/mol. The van der Waals surface area contributed by atoms with Crippen LogP contribution in [0.4, 0.5) is 0 Å². The molecule has 0 bridgehead atoms. The lowest BCUT2D eigenvalue weighted by atomic mass is 9.79. The van der Waals surface area contributed by atoms with Crippen LogP contribution in [-0.4, -0.2) is 49.7 Å². The molecule has 1 fully saturated rings. The number of ether oxygens (including phenoxy) is 3. The fourth-order valence-corrected chi connectivity index (χ4v) is 4.61. The lowest BCUT2D eigenvalue weighted by molar-refractivity contribution is -0.0936. The molecule has 3 heterocycles. The number of hydrogen-bond donors (Lipinski definition) is 0. The van der Waals surface area contributed by atoms with Gasteiger partial charge in [-0.3, -0.25) is 9.78 Å². The molecule has 2 aliphatic heterocycles. The molecule has 1 spiro atoms. The molecule has 0 unspecified atom stereocenters. The third-order valence-electron chi connectivity index (χ3n) is 6.04. The quantitative estimate of drug-likeness (QED) is 0.796. The lowest BCUT2D eigenvalue weighted by Crippen LogP contribution is -2.48. The Balaban J connectivity index is 1.57. The van der Waals surface area contributed by atoms with Gasteiger partial charge in [0.15, 0.2) is 11.5 Å². The Hall–Kier alpha value is -2.60. The van der Waals surface area contributed by atoms with Crippen LogP contribution in [0.15, 0.2) is 24.3 Å². The van der Waals surface area contributed by atoms with Gasteiger partial charge in [0.25, 0.3) is 5.91 Å². The molecule has 1 amide bonds. The zero-order chi connectivity index (χ0) is 20.6. The number of amides is 1. The molecule has 0 radical (unpaired) electrons. The molecule has 2 aliphatic rings. The number of fused-ring (bicyclic) bond motifs is 2. The van der Waals surface area contributed by atoms with Crippen LogP contribution in [0.5, 0.6) is 11.5 Å². The number of pyridine rings is 1. The van der Waals surface area contributed by atoms with E-state index in [2.05, 4.69) is 17.1 Å². The fourth-order valence-electron chi connectivity index (χ4n) is 4.61. The van der Waals surface area contributed by atoms with Crippen molar-refractivity contribution in [3.63, 3.8) is 0 Å². The van der Waals surface area contributed by atoms with Crippen LogP contribution in [0.1, 0.15) is 45.7 Å². The van der Waals surface area contributed by atoms with E-state index in [0.29, 0.717) is 25.3 Å². The highest BCUT2D eigenvalue weighted by molar-refractivity contribution is 5.94. The predicted molar refractivity (Wildman–Crippen MR) is 110 cm³/mol. The average Bonchev–Trinajstić information content (AvgIpc) is 2.72. The minimum atomic E-state index is -0.367. The Morgan fingerprint density at radius 3 is 2.28 bits per heavy atom. The van der Waals surface area contributed by atoms with Crippen molar-refractivity contribution in [3.05, 3.63) is 52.3 Å². The number of carbonyl (C=O) groups is 1. The van der Waals surface area contributed by atoms with E-state index in [9.17, 15) is 4.79 Å². The molecule has 0 saturated carbocycles. The van der Waals surface area contributed by atoms with E-state index in [1.807, 2.05) is 30.9 Å². The molecule has 6 nitrogen and oxygen atoms in total. The highest BCUT2D eigenvalue weighted by atomic mass is 16.5. The van der Waals surface area contributed by atoms with E-state index in [4.69, 9.17) is 14.2 Å². The van der Waals surface area contributed by atoms with Gasteiger partial charge in [-0.15, -0.1) is 0 Å². The topological polar surface area (TPSA) is 60.9 Å². The Morgan fingerprint density at radius 2 is 1.66 bits per heavy atom. The smallest absolute Gasteiger partial charge is 0.253 e. The van der Waals surface area contributed by atoms with Crippen molar-refractivity contribution < 1.29 is 19.0 Å². The minimum absolute atomic E-state index is 0.0665. The van der Waals surface area contributed by atoms with Gasteiger partial charge in [-0.25, -0.2) is 0 Å². The van der Waals surface area contributed by atoms with Gasteiger partial charge in [-0.05, 0) is 68.5 Å². The number of hydrogen-bond acceptors (Lipinski definition) is 5. The molecule has 29 heavy (non-hydrogen) atoms. The van der Waals surface area contributed by atoms with Gasteiger partial charge in [0.05, 0.1) is 26.4 Å². The summed E-state index contributed by atoms with van der Waals surface area (Å²) in [4.78, 5) is 19.3. The van der Waals surface area contributed by atoms with Gasteiger partial charge in [0.1, 0.15) is 0 Å². The van der Waals surface area contributed by atoms with Gasteiger partial charge >= 0.3 is 0 Å². The lowest BCUT2D eigenvalue weighted by Gasteiger charge is -2.45. The van der Waals surface area contributed by atoms with Crippen LogP contribution in [0.25, 0.3) is 0 Å². The summed E-state index contributed by atoms with van der Waals surface area (Å²) in [5.74, 6) is 1.54. The molecular formula is C23H28N2O4. The third-order valence-corrected chi connectivity index (χ3v) is 6.04. The molecule has 0 atom stereocenters. The molecule has 2 aromatic rings. The first-order valence-electron chi connectivity index (χ1n) is 10.1. The standard InChI is InChI=1S/C23H28N2O4/c1-15-11-18(12-16(2)24-15)22(26)25-8-6-23(7-9-25)19-14-21(28-4)20(27-3)13-17(19)5-10-29-23/h11-14H,5-10H2,1-4H3. The minimum Gasteiger partial charge on any atom is -0.493 e. The maximum absolute atomic E-state index is 13.0. The van der Waals surface area contributed by atoms with E-state index in [-0.39, 0.29) is 11.5 Å². The summed E-state index contributed by atoms with van der Waals surface area (Å²) in [5, 5.41) is 0. The second-order valence-corrected chi connectivity index (χ2v) is 7.89. The van der Waals surface area contributed by atoms with Crippen LogP contribution in [0.2, 0.25) is 0 Å².